The van der Waals surface area contributed by atoms with Crippen LogP contribution >= 0.6 is 11.8 Å². The fourth-order valence-corrected chi connectivity index (χ4v) is 3.91. The molecule has 1 unspecified atom stereocenters. The van der Waals surface area contributed by atoms with E-state index in [-0.39, 0.29) is 5.91 Å². The molecule has 1 aromatic heterocycles. The first-order chi connectivity index (χ1) is 11.7. The maximum Gasteiger partial charge on any atom is 0.337 e. The lowest BCUT2D eigenvalue weighted by Crippen LogP contribution is -2.33. The molecule has 1 saturated heterocycles. The summed E-state index contributed by atoms with van der Waals surface area (Å²) in [5, 5.41) is 0.291. The molecule has 24 heavy (non-hydrogen) atoms. The predicted octanol–water partition coefficient (Wildman–Crippen LogP) is 3.39. The fourth-order valence-electron chi connectivity index (χ4n) is 2.72. The lowest BCUT2D eigenvalue weighted by Gasteiger charge is -2.20. The van der Waals surface area contributed by atoms with Crippen LogP contribution in [0, 0.1) is 0 Å². The van der Waals surface area contributed by atoms with Gasteiger partial charge in [-0.25, -0.2) is 4.79 Å². The van der Waals surface area contributed by atoms with Crippen molar-refractivity contribution >= 4 is 23.6 Å². The van der Waals surface area contributed by atoms with E-state index in [0.717, 1.165) is 17.9 Å². The van der Waals surface area contributed by atoms with Gasteiger partial charge >= 0.3 is 5.97 Å². The quantitative estimate of drug-likeness (QED) is 0.798. The highest BCUT2D eigenvalue weighted by molar-refractivity contribution is 7.99. The van der Waals surface area contributed by atoms with Crippen molar-refractivity contribution in [1.29, 1.82) is 0 Å². The predicted molar refractivity (Wildman–Crippen MR) is 92.2 cm³/mol. The summed E-state index contributed by atoms with van der Waals surface area (Å²) in [6.07, 6.45) is 2.55. The van der Waals surface area contributed by atoms with Gasteiger partial charge in [0, 0.05) is 24.4 Å². The maximum atomic E-state index is 12.7. The molecule has 2 heterocycles. The number of benzene rings is 1. The highest BCUT2D eigenvalue weighted by Crippen LogP contribution is 2.34. The molecule has 2 aromatic rings. The molecule has 0 radical (unpaired) electrons. The van der Waals surface area contributed by atoms with Crippen LogP contribution in [0.3, 0.4) is 0 Å². The van der Waals surface area contributed by atoms with Gasteiger partial charge in [-0.3, -0.25) is 4.79 Å². The normalized spacial score (nSPS) is 18.0. The highest BCUT2D eigenvalue weighted by atomic mass is 32.2. The van der Waals surface area contributed by atoms with Crippen LogP contribution in [0.25, 0.3) is 0 Å². The average molecular weight is 345 g/mol. The minimum absolute atomic E-state index is 0.00730. The Morgan fingerprint density at radius 1 is 1.17 bits per heavy atom. The van der Waals surface area contributed by atoms with E-state index in [0.29, 0.717) is 29.5 Å². The van der Waals surface area contributed by atoms with Crippen molar-refractivity contribution in [2.24, 2.45) is 0 Å². The van der Waals surface area contributed by atoms with Crippen molar-refractivity contribution < 1.29 is 18.7 Å². The molecular formula is C18H19NO4S. The van der Waals surface area contributed by atoms with E-state index in [1.54, 1.807) is 30.5 Å². The van der Waals surface area contributed by atoms with Crippen LogP contribution < -0.4 is 0 Å². The zero-order valence-corrected chi connectivity index (χ0v) is 14.3. The summed E-state index contributed by atoms with van der Waals surface area (Å²) >= 11 is 1.82. The van der Waals surface area contributed by atoms with Crippen LogP contribution in [0.15, 0.2) is 47.1 Å². The smallest absolute Gasteiger partial charge is 0.337 e. The van der Waals surface area contributed by atoms with E-state index in [9.17, 15) is 9.59 Å². The monoisotopic (exact) mass is 345 g/mol. The van der Waals surface area contributed by atoms with Gasteiger partial charge in [0.1, 0.15) is 5.76 Å². The molecule has 0 spiro atoms. The Bertz CT molecular complexity index is 696. The summed E-state index contributed by atoms with van der Waals surface area (Å²) < 4.78 is 10.2. The topological polar surface area (TPSA) is 59.8 Å². The zero-order chi connectivity index (χ0) is 16.9. The van der Waals surface area contributed by atoms with Crippen molar-refractivity contribution in [2.75, 3.05) is 26.0 Å². The van der Waals surface area contributed by atoms with Crippen molar-refractivity contribution in [3.8, 4) is 0 Å². The van der Waals surface area contributed by atoms with Gasteiger partial charge < -0.3 is 14.1 Å². The Labute approximate surface area is 145 Å². The van der Waals surface area contributed by atoms with E-state index >= 15 is 0 Å². The van der Waals surface area contributed by atoms with Gasteiger partial charge in [-0.05, 0) is 42.8 Å². The Morgan fingerprint density at radius 3 is 2.58 bits per heavy atom. The second-order valence-corrected chi connectivity index (χ2v) is 6.84. The Kier molecular flexibility index (Phi) is 5.25. The first-order valence-electron chi connectivity index (χ1n) is 7.81. The van der Waals surface area contributed by atoms with E-state index in [4.69, 9.17) is 4.42 Å². The summed E-state index contributed by atoms with van der Waals surface area (Å²) in [5.74, 6) is 1.43. The van der Waals surface area contributed by atoms with E-state index in [1.807, 2.05) is 28.8 Å². The Hall–Kier alpha value is -2.21. The van der Waals surface area contributed by atoms with Gasteiger partial charge in [-0.2, -0.15) is 0 Å². The van der Waals surface area contributed by atoms with Gasteiger partial charge in [0.2, 0.25) is 0 Å². The fraction of sp³-hybridized carbons (Fsp3) is 0.333. The largest absolute Gasteiger partial charge is 0.468 e. The third-order valence-corrected chi connectivity index (χ3v) is 5.33. The van der Waals surface area contributed by atoms with Crippen LogP contribution in [0.5, 0.6) is 0 Å². The third kappa shape index (κ3) is 3.64. The first-order valence-corrected chi connectivity index (χ1v) is 8.86. The standard InChI is InChI=1S/C18H19NO4S/c1-22-18(21)14-6-4-13(5-7-14)17(20)19-9-8-16(24-12-10-19)15-3-2-11-23-15/h2-7,11,16H,8-10,12H2,1H3. The second kappa shape index (κ2) is 7.57. The number of nitrogens with zero attached hydrogens (tertiary/aromatic N) is 1. The van der Waals surface area contributed by atoms with Crippen LogP contribution in [0.2, 0.25) is 0 Å². The number of methoxy groups -OCH3 is 1. The van der Waals surface area contributed by atoms with Crippen LogP contribution in [-0.2, 0) is 4.74 Å². The molecule has 0 aliphatic carbocycles. The first kappa shape index (κ1) is 16.6. The molecule has 6 heteroatoms. The van der Waals surface area contributed by atoms with E-state index in [1.165, 1.54) is 7.11 Å². The van der Waals surface area contributed by atoms with Crippen molar-refractivity contribution in [3.05, 3.63) is 59.5 Å². The molecule has 1 atom stereocenters. The minimum atomic E-state index is -0.401. The van der Waals surface area contributed by atoms with Crippen LogP contribution in [0.1, 0.15) is 38.1 Å². The number of carbonyl (C=O) groups excluding carboxylic acids is 2. The van der Waals surface area contributed by atoms with Gasteiger partial charge in [-0.1, -0.05) is 0 Å². The molecule has 1 fully saturated rings. The Balaban J connectivity index is 1.65. The summed E-state index contributed by atoms with van der Waals surface area (Å²) in [6.45, 7) is 1.40. The number of furan rings is 1. The molecule has 5 nitrogen and oxygen atoms in total. The van der Waals surface area contributed by atoms with E-state index in [2.05, 4.69) is 4.74 Å². The lowest BCUT2D eigenvalue weighted by atomic mass is 10.1. The molecule has 1 aromatic carbocycles. The molecule has 0 bridgehead atoms. The number of thioether (sulfide) groups is 1. The molecule has 1 aliphatic rings. The minimum Gasteiger partial charge on any atom is -0.468 e. The zero-order valence-electron chi connectivity index (χ0n) is 13.4. The number of amides is 1. The summed E-state index contributed by atoms with van der Waals surface area (Å²) in [5.41, 5.74) is 1.03. The van der Waals surface area contributed by atoms with Crippen LogP contribution in [-0.4, -0.2) is 42.7 Å². The molecular weight excluding hydrogens is 326 g/mol. The van der Waals surface area contributed by atoms with Crippen molar-refractivity contribution in [2.45, 2.75) is 11.7 Å². The van der Waals surface area contributed by atoms with Gasteiger partial charge in [0.25, 0.3) is 5.91 Å². The number of esters is 1. The van der Waals surface area contributed by atoms with Crippen molar-refractivity contribution in [3.63, 3.8) is 0 Å². The number of carbonyl (C=O) groups is 2. The van der Waals surface area contributed by atoms with Gasteiger partial charge in [0.15, 0.2) is 0 Å². The second-order valence-electron chi connectivity index (χ2n) is 5.52. The Morgan fingerprint density at radius 2 is 1.92 bits per heavy atom. The molecule has 0 N–H and O–H groups in total. The number of hydrogen-bond donors (Lipinski definition) is 0. The molecule has 126 valence electrons. The van der Waals surface area contributed by atoms with Gasteiger partial charge in [0.05, 0.1) is 24.2 Å². The van der Waals surface area contributed by atoms with Gasteiger partial charge in [-0.15, -0.1) is 11.8 Å². The number of ether oxygens (including phenoxy) is 1. The molecule has 1 amide bonds. The number of rotatable bonds is 3. The maximum absolute atomic E-state index is 12.7. The van der Waals surface area contributed by atoms with Crippen molar-refractivity contribution in [1.82, 2.24) is 4.90 Å². The molecule has 0 saturated carbocycles. The lowest BCUT2D eigenvalue weighted by molar-refractivity contribution is 0.0599. The molecule has 3 rings (SSSR count). The highest BCUT2D eigenvalue weighted by Gasteiger charge is 2.24. The number of hydrogen-bond acceptors (Lipinski definition) is 5. The van der Waals surface area contributed by atoms with Crippen LogP contribution in [0.4, 0.5) is 0 Å². The summed E-state index contributed by atoms with van der Waals surface area (Å²) in [7, 11) is 1.34. The molecule has 1 aliphatic heterocycles. The SMILES string of the molecule is COC(=O)c1ccc(C(=O)N2CCSC(c3ccco3)CC2)cc1. The summed E-state index contributed by atoms with van der Waals surface area (Å²) in [4.78, 5) is 26.0. The van der Waals surface area contributed by atoms with E-state index < -0.39 is 5.97 Å². The average Bonchev–Trinajstić information content (AvgIpc) is 3.05. The summed E-state index contributed by atoms with van der Waals surface area (Å²) in [6, 6.07) is 10.5. The third-order valence-electron chi connectivity index (χ3n) is 4.04.